The molecule has 0 aliphatic carbocycles. The van der Waals surface area contributed by atoms with E-state index in [9.17, 15) is 4.79 Å². The number of hydrogen-bond acceptors (Lipinski definition) is 2. The molecule has 0 spiro atoms. The molecule has 0 unspecified atom stereocenters. The van der Waals surface area contributed by atoms with E-state index < -0.39 is 0 Å². The van der Waals surface area contributed by atoms with E-state index in [-0.39, 0.29) is 5.91 Å². The van der Waals surface area contributed by atoms with Crippen molar-refractivity contribution in [1.29, 1.82) is 0 Å². The molecule has 0 atom stereocenters. The minimum atomic E-state index is 0.246. The van der Waals surface area contributed by atoms with E-state index in [2.05, 4.69) is 0 Å². The lowest BCUT2D eigenvalue weighted by Gasteiger charge is -2.15. The molecule has 1 saturated heterocycles. The van der Waals surface area contributed by atoms with Gasteiger partial charge in [-0.15, -0.1) is 0 Å². The van der Waals surface area contributed by atoms with Gasteiger partial charge in [-0.2, -0.15) is 0 Å². The highest BCUT2D eigenvalue weighted by molar-refractivity contribution is 6.32. The van der Waals surface area contributed by atoms with E-state index in [1.807, 2.05) is 23.1 Å². The molecule has 1 fully saturated rings. The largest absolute Gasteiger partial charge is 0.492 e. The molecule has 98 valence electrons. The maximum atomic E-state index is 11.8. The third-order valence-electron chi connectivity index (χ3n) is 3.09. The fourth-order valence-corrected chi connectivity index (χ4v) is 2.28. The summed E-state index contributed by atoms with van der Waals surface area (Å²) in [5.41, 5.74) is 0. The van der Waals surface area contributed by atoms with Crippen LogP contribution in [0.2, 0.25) is 5.02 Å². The Hall–Kier alpha value is -1.22. The SMILES string of the molecule is O=C(CCCOc1ccccc1Cl)N1CCCC1. The Balaban J connectivity index is 1.67. The van der Waals surface area contributed by atoms with Crippen molar-refractivity contribution in [3.05, 3.63) is 29.3 Å². The van der Waals surface area contributed by atoms with Crippen molar-refractivity contribution in [1.82, 2.24) is 4.90 Å². The van der Waals surface area contributed by atoms with Crippen LogP contribution in [0.1, 0.15) is 25.7 Å². The number of hydrogen-bond donors (Lipinski definition) is 0. The van der Waals surface area contributed by atoms with Gasteiger partial charge < -0.3 is 9.64 Å². The van der Waals surface area contributed by atoms with Crippen LogP contribution in [0.4, 0.5) is 0 Å². The molecular formula is C14H18ClNO2. The molecule has 0 N–H and O–H groups in total. The number of nitrogens with zero attached hydrogens (tertiary/aromatic N) is 1. The number of rotatable bonds is 5. The number of para-hydroxylation sites is 1. The van der Waals surface area contributed by atoms with Gasteiger partial charge in [0.25, 0.3) is 0 Å². The van der Waals surface area contributed by atoms with E-state index >= 15 is 0 Å². The summed E-state index contributed by atoms with van der Waals surface area (Å²) in [6, 6.07) is 7.39. The number of benzene rings is 1. The zero-order chi connectivity index (χ0) is 12.8. The second kappa shape index (κ2) is 6.64. The van der Waals surface area contributed by atoms with Crippen molar-refractivity contribution >= 4 is 17.5 Å². The lowest BCUT2D eigenvalue weighted by Crippen LogP contribution is -2.27. The second-order valence-corrected chi connectivity index (χ2v) is 4.88. The number of ether oxygens (including phenoxy) is 1. The number of halogens is 1. The minimum Gasteiger partial charge on any atom is -0.492 e. The Bertz CT molecular complexity index is 403. The highest BCUT2D eigenvalue weighted by Gasteiger charge is 2.16. The number of amides is 1. The summed E-state index contributed by atoms with van der Waals surface area (Å²) >= 11 is 5.97. The first-order chi connectivity index (χ1) is 8.77. The maximum Gasteiger partial charge on any atom is 0.222 e. The number of carbonyl (C=O) groups is 1. The fourth-order valence-electron chi connectivity index (χ4n) is 2.09. The first kappa shape index (κ1) is 13.2. The predicted octanol–water partition coefficient (Wildman–Crippen LogP) is 3.12. The Kier molecular flexibility index (Phi) is 4.88. The lowest BCUT2D eigenvalue weighted by molar-refractivity contribution is -0.130. The zero-order valence-electron chi connectivity index (χ0n) is 10.4. The highest BCUT2D eigenvalue weighted by Crippen LogP contribution is 2.23. The standard InChI is InChI=1S/C14H18ClNO2/c15-12-6-1-2-7-13(12)18-11-5-8-14(17)16-9-3-4-10-16/h1-2,6-7H,3-5,8-11H2. The van der Waals surface area contributed by atoms with Crippen LogP contribution < -0.4 is 4.74 Å². The molecule has 1 aliphatic heterocycles. The predicted molar refractivity (Wildman–Crippen MR) is 72.0 cm³/mol. The average molecular weight is 268 g/mol. The van der Waals surface area contributed by atoms with Gasteiger partial charge in [0.15, 0.2) is 0 Å². The van der Waals surface area contributed by atoms with Gasteiger partial charge in [-0.05, 0) is 31.4 Å². The van der Waals surface area contributed by atoms with Crippen molar-refractivity contribution in [2.24, 2.45) is 0 Å². The van der Waals surface area contributed by atoms with Crippen LogP contribution in [0.3, 0.4) is 0 Å². The average Bonchev–Trinajstić information content (AvgIpc) is 2.90. The van der Waals surface area contributed by atoms with Gasteiger partial charge in [0, 0.05) is 19.5 Å². The van der Waals surface area contributed by atoms with Crippen molar-refractivity contribution < 1.29 is 9.53 Å². The number of carbonyl (C=O) groups excluding carboxylic acids is 1. The van der Waals surface area contributed by atoms with E-state index in [0.29, 0.717) is 23.8 Å². The molecule has 0 saturated carbocycles. The van der Waals surface area contributed by atoms with Gasteiger partial charge in [-0.3, -0.25) is 4.79 Å². The quantitative estimate of drug-likeness (QED) is 0.767. The smallest absolute Gasteiger partial charge is 0.222 e. The first-order valence-corrected chi connectivity index (χ1v) is 6.80. The van der Waals surface area contributed by atoms with E-state index in [4.69, 9.17) is 16.3 Å². The van der Waals surface area contributed by atoms with Crippen molar-refractivity contribution in [3.8, 4) is 5.75 Å². The van der Waals surface area contributed by atoms with Gasteiger partial charge in [-0.1, -0.05) is 23.7 Å². The molecule has 1 heterocycles. The maximum absolute atomic E-state index is 11.8. The summed E-state index contributed by atoms with van der Waals surface area (Å²) in [5, 5.41) is 0.614. The second-order valence-electron chi connectivity index (χ2n) is 4.47. The Morgan fingerprint density at radius 3 is 2.72 bits per heavy atom. The molecule has 0 aromatic heterocycles. The summed E-state index contributed by atoms with van der Waals surface area (Å²) in [4.78, 5) is 13.7. The highest BCUT2D eigenvalue weighted by atomic mass is 35.5. The Morgan fingerprint density at radius 2 is 2.00 bits per heavy atom. The van der Waals surface area contributed by atoms with Gasteiger partial charge >= 0.3 is 0 Å². The van der Waals surface area contributed by atoms with Crippen LogP contribution in [0.5, 0.6) is 5.75 Å². The summed E-state index contributed by atoms with van der Waals surface area (Å²) in [6.45, 7) is 2.37. The Morgan fingerprint density at radius 1 is 1.28 bits per heavy atom. The minimum absolute atomic E-state index is 0.246. The third kappa shape index (κ3) is 3.64. The van der Waals surface area contributed by atoms with Crippen LogP contribution in [-0.2, 0) is 4.79 Å². The topological polar surface area (TPSA) is 29.5 Å². The van der Waals surface area contributed by atoms with Crippen molar-refractivity contribution in [3.63, 3.8) is 0 Å². The first-order valence-electron chi connectivity index (χ1n) is 6.42. The van der Waals surface area contributed by atoms with Crippen molar-refractivity contribution in [2.45, 2.75) is 25.7 Å². The van der Waals surface area contributed by atoms with Gasteiger partial charge in [0.05, 0.1) is 11.6 Å². The Labute approximate surface area is 113 Å². The van der Waals surface area contributed by atoms with E-state index in [1.54, 1.807) is 6.07 Å². The third-order valence-corrected chi connectivity index (χ3v) is 3.40. The van der Waals surface area contributed by atoms with E-state index in [1.165, 1.54) is 0 Å². The molecule has 1 aromatic carbocycles. The van der Waals surface area contributed by atoms with Crippen LogP contribution in [-0.4, -0.2) is 30.5 Å². The molecule has 1 amide bonds. The van der Waals surface area contributed by atoms with Gasteiger partial charge in [0.2, 0.25) is 5.91 Å². The summed E-state index contributed by atoms with van der Waals surface area (Å²) in [6.07, 6.45) is 3.58. The van der Waals surface area contributed by atoms with E-state index in [0.717, 1.165) is 32.4 Å². The molecule has 4 heteroatoms. The molecule has 3 nitrogen and oxygen atoms in total. The summed E-state index contributed by atoms with van der Waals surface area (Å²) < 4.78 is 5.55. The molecule has 1 aliphatic rings. The monoisotopic (exact) mass is 267 g/mol. The molecular weight excluding hydrogens is 250 g/mol. The molecule has 18 heavy (non-hydrogen) atoms. The molecule has 0 radical (unpaired) electrons. The fraction of sp³-hybridized carbons (Fsp3) is 0.500. The van der Waals surface area contributed by atoms with Crippen LogP contribution in [0.15, 0.2) is 24.3 Å². The molecule has 1 aromatic rings. The van der Waals surface area contributed by atoms with Gasteiger partial charge in [-0.25, -0.2) is 0 Å². The number of likely N-dealkylation sites (tertiary alicyclic amines) is 1. The van der Waals surface area contributed by atoms with Crippen LogP contribution >= 0.6 is 11.6 Å². The lowest BCUT2D eigenvalue weighted by atomic mass is 10.3. The molecule has 2 rings (SSSR count). The van der Waals surface area contributed by atoms with Crippen molar-refractivity contribution in [2.75, 3.05) is 19.7 Å². The van der Waals surface area contributed by atoms with Crippen LogP contribution in [0.25, 0.3) is 0 Å². The molecule has 0 bridgehead atoms. The summed E-state index contributed by atoms with van der Waals surface area (Å²) in [7, 11) is 0. The summed E-state index contributed by atoms with van der Waals surface area (Å²) in [5.74, 6) is 0.933. The van der Waals surface area contributed by atoms with Gasteiger partial charge in [0.1, 0.15) is 5.75 Å². The van der Waals surface area contributed by atoms with Crippen LogP contribution in [0, 0.1) is 0 Å². The zero-order valence-corrected chi connectivity index (χ0v) is 11.2. The normalized spacial score (nSPS) is 14.8.